The van der Waals surface area contributed by atoms with Gasteiger partial charge in [0.1, 0.15) is 25.5 Å². The molecule has 1 fully saturated rings. The summed E-state index contributed by atoms with van der Waals surface area (Å²) in [5.74, 6) is -1.76. The van der Waals surface area contributed by atoms with Gasteiger partial charge in [-0.25, -0.2) is 0 Å². The molecule has 0 spiro atoms. The van der Waals surface area contributed by atoms with Crippen molar-refractivity contribution in [1.29, 1.82) is 0 Å². The van der Waals surface area contributed by atoms with Crippen LogP contribution in [0.25, 0.3) is 0 Å². The SMILES string of the molecule is CCCCCCCCCCCCCCCCCCCCCC(=O)OC[C@H](COP(=O)([O-])OCC[N+](C)(C)C)OC(=O)CCC/C=C\C[C@H]1C(=O)C[C@@H](O)[C@@H]1/C=C/[C@@H](O)CCCCC. The van der Waals surface area contributed by atoms with Gasteiger partial charge in [-0.1, -0.05) is 173 Å². The molecule has 12 nitrogen and oxygen atoms in total. The number of Topliss-reactive ketones (excluding diaryl/α,β-unsaturated/α-hetero) is 1. The number of nitrogens with zero attached hydrogens (tertiary/aromatic N) is 1. The van der Waals surface area contributed by atoms with E-state index in [4.69, 9.17) is 18.5 Å². The molecule has 0 amide bonds. The summed E-state index contributed by atoms with van der Waals surface area (Å²) < 4.78 is 33.9. The highest BCUT2D eigenvalue weighted by molar-refractivity contribution is 7.45. The number of hydrogen-bond donors (Lipinski definition) is 2. The Morgan fingerprint density at radius 3 is 1.83 bits per heavy atom. The van der Waals surface area contributed by atoms with Crippen molar-refractivity contribution in [2.45, 2.75) is 218 Å². The maximum absolute atomic E-state index is 12.8. The number of aliphatic hydroxyl groups is 2. The molecule has 0 saturated heterocycles. The van der Waals surface area contributed by atoms with E-state index in [0.717, 1.165) is 38.5 Å². The van der Waals surface area contributed by atoms with Crippen LogP contribution in [0.1, 0.15) is 200 Å². The average molecular weight is 914 g/mol. The van der Waals surface area contributed by atoms with Crippen molar-refractivity contribution in [3.8, 4) is 0 Å². The fourth-order valence-corrected chi connectivity index (χ4v) is 8.54. The number of ether oxygens (including phenoxy) is 2. The van der Waals surface area contributed by atoms with Crippen LogP contribution in [0.3, 0.4) is 0 Å². The van der Waals surface area contributed by atoms with E-state index in [1.807, 2.05) is 33.3 Å². The Morgan fingerprint density at radius 1 is 0.746 bits per heavy atom. The minimum atomic E-state index is -4.70. The summed E-state index contributed by atoms with van der Waals surface area (Å²) in [5.41, 5.74) is 0. The number of hydrogen-bond acceptors (Lipinski definition) is 11. The van der Waals surface area contributed by atoms with Crippen molar-refractivity contribution < 1.29 is 57.1 Å². The number of rotatable bonds is 42. The van der Waals surface area contributed by atoms with E-state index in [1.165, 1.54) is 96.3 Å². The molecule has 63 heavy (non-hydrogen) atoms. The maximum Gasteiger partial charge on any atom is 0.306 e. The zero-order valence-corrected chi connectivity index (χ0v) is 41.4. The number of ketones is 1. The molecule has 0 heterocycles. The quantitative estimate of drug-likeness (QED) is 0.0197. The third-order valence-corrected chi connectivity index (χ3v) is 12.8. The van der Waals surface area contributed by atoms with Gasteiger partial charge in [-0.3, -0.25) is 18.9 Å². The van der Waals surface area contributed by atoms with Crippen molar-refractivity contribution >= 4 is 25.5 Å². The molecule has 6 atom stereocenters. The maximum atomic E-state index is 12.8. The van der Waals surface area contributed by atoms with Crippen molar-refractivity contribution in [1.82, 2.24) is 0 Å². The number of phosphoric acid groups is 1. The van der Waals surface area contributed by atoms with Crippen molar-refractivity contribution in [2.75, 3.05) is 47.5 Å². The fourth-order valence-electron chi connectivity index (χ4n) is 7.81. The predicted molar refractivity (Wildman–Crippen MR) is 251 cm³/mol. The van der Waals surface area contributed by atoms with E-state index in [-0.39, 0.29) is 50.1 Å². The molecule has 0 bridgehead atoms. The van der Waals surface area contributed by atoms with Crippen LogP contribution in [0, 0.1) is 11.8 Å². The van der Waals surface area contributed by atoms with E-state index in [9.17, 15) is 34.1 Å². The molecular formula is C50H92NO11P. The van der Waals surface area contributed by atoms with E-state index in [2.05, 4.69) is 13.8 Å². The minimum Gasteiger partial charge on any atom is -0.756 e. The molecule has 1 unspecified atom stereocenters. The molecule has 0 aliphatic heterocycles. The van der Waals surface area contributed by atoms with Gasteiger partial charge in [-0.15, -0.1) is 0 Å². The Kier molecular flexibility index (Phi) is 34.9. The van der Waals surface area contributed by atoms with Gasteiger partial charge in [0, 0.05) is 31.1 Å². The monoisotopic (exact) mass is 914 g/mol. The highest BCUT2D eigenvalue weighted by Gasteiger charge is 2.39. The lowest BCUT2D eigenvalue weighted by atomic mass is 9.90. The van der Waals surface area contributed by atoms with Crippen LogP contribution >= 0.6 is 7.82 Å². The summed E-state index contributed by atoms with van der Waals surface area (Å²) in [6.45, 7) is 3.84. The molecule has 0 aromatic rings. The van der Waals surface area contributed by atoms with Gasteiger partial charge in [0.05, 0.1) is 40.0 Å². The van der Waals surface area contributed by atoms with Gasteiger partial charge in [-0.05, 0) is 32.1 Å². The first-order valence-corrected chi connectivity index (χ1v) is 26.6. The van der Waals surface area contributed by atoms with Crippen LogP contribution < -0.4 is 4.89 Å². The van der Waals surface area contributed by atoms with Crippen molar-refractivity contribution in [3.05, 3.63) is 24.3 Å². The van der Waals surface area contributed by atoms with Gasteiger partial charge >= 0.3 is 11.9 Å². The van der Waals surface area contributed by atoms with Gasteiger partial charge in [0.25, 0.3) is 7.82 Å². The zero-order valence-electron chi connectivity index (χ0n) is 40.5. The highest BCUT2D eigenvalue weighted by Crippen LogP contribution is 2.38. The molecular weight excluding hydrogens is 822 g/mol. The molecule has 2 N–H and O–H groups in total. The number of carbonyl (C=O) groups is 3. The standard InChI is InChI=1S/C50H92NO11P/c1-6-8-10-11-12-13-14-15-16-17-18-19-20-21-22-23-24-25-30-34-49(55)59-41-44(42-61-63(57,58)60-39-38-51(3,4)5)62-50(56)35-31-27-26-29-33-45-46(48(54)40-47(45)53)37-36-43(52)32-28-9-7-2/h26,29,36-37,43-46,48,52,54H,6-25,27-28,30-35,38-42H2,1-5H3/b29-26-,37-36+/t43-,44+,45+,46+,48+/m0/s1. The molecule has 0 aromatic heterocycles. The van der Waals surface area contributed by atoms with Crippen LogP contribution in [-0.4, -0.2) is 98.2 Å². The lowest BCUT2D eigenvalue weighted by Gasteiger charge is -2.28. The number of esters is 2. The van der Waals surface area contributed by atoms with E-state index >= 15 is 0 Å². The second kappa shape index (κ2) is 37.2. The molecule has 0 aromatic carbocycles. The highest BCUT2D eigenvalue weighted by atomic mass is 31.2. The summed E-state index contributed by atoms with van der Waals surface area (Å²) in [6.07, 6.45) is 34.2. The predicted octanol–water partition coefficient (Wildman–Crippen LogP) is 10.7. The van der Waals surface area contributed by atoms with Gasteiger partial charge in [-0.2, -0.15) is 0 Å². The Balaban J connectivity index is 2.42. The normalized spacial score (nSPS) is 18.9. The Morgan fingerprint density at radius 2 is 1.27 bits per heavy atom. The van der Waals surface area contributed by atoms with Crippen LogP contribution in [0.2, 0.25) is 0 Å². The molecule has 368 valence electrons. The third-order valence-electron chi connectivity index (χ3n) is 11.8. The second-order valence-corrected chi connectivity index (χ2v) is 20.4. The van der Waals surface area contributed by atoms with Gasteiger partial charge in [0.15, 0.2) is 6.10 Å². The number of unbranched alkanes of at least 4 members (excludes halogenated alkanes) is 21. The summed E-state index contributed by atoms with van der Waals surface area (Å²) in [4.78, 5) is 50.5. The average Bonchev–Trinajstić information content (AvgIpc) is 3.50. The van der Waals surface area contributed by atoms with Crippen LogP contribution in [0.5, 0.6) is 0 Å². The van der Waals surface area contributed by atoms with E-state index < -0.39 is 44.7 Å². The molecule has 1 aliphatic rings. The molecule has 13 heteroatoms. The summed E-state index contributed by atoms with van der Waals surface area (Å²) in [7, 11) is 1.01. The topological polar surface area (TPSA) is 169 Å². The van der Waals surface area contributed by atoms with Gasteiger partial charge < -0.3 is 38.1 Å². The summed E-state index contributed by atoms with van der Waals surface area (Å²) in [6, 6.07) is 0. The van der Waals surface area contributed by atoms with E-state index in [1.54, 1.807) is 12.2 Å². The Hall–Kier alpha value is -1.92. The molecule has 1 saturated carbocycles. The molecule has 1 rings (SSSR count). The lowest BCUT2D eigenvalue weighted by Crippen LogP contribution is -2.37. The summed E-state index contributed by atoms with van der Waals surface area (Å²) in [5, 5.41) is 20.8. The van der Waals surface area contributed by atoms with Crippen molar-refractivity contribution in [3.63, 3.8) is 0 Å². The van der Waals surface area contributed by atoms with Crippen LogP contribution in [0.4, 0.5) is 0 Å². The number of aliphatic hydroxyl groups excluding tert-OH is 2. The molecule has 1 aliphatic carbocycles. The largest absolute Gasteiger partial charge is 0.756 e. The number of carbonyl (C=O) groups excluding carboxylic acids is 3. The van der Waals surface area contributed by atoms with E-state index in [0.29, 0.717) is 43.1 Å². The van der Waals surface area contributed by atoms with Crippen LogP contribution in [0.15, 0.2) is 24.3 Å². The first kappa shape index (κ1) is 59.1. The number of phosphoric ester groups is 1. The third kappa shape index (κ3) is 34.1. The Labute approximate surface area is 383 Å². The number of likely N-dealkylation sites (N-methyl/N-ethyl adjacent to an activating group) is 1. The number of allylic oxidation sites excluding steroid dienone is 2. The number of quaternary nitrogens is 1. The minimum absolute atomic E-state index is 0.00761. The first-order chi connectivity index (χ1) is 30.2. The molecule has 0 radical (unpaired) electrons. The smallest absolute Gasteiger partial charge is 0.306 e. The van der Waals surface area contributed by atoms with Crippen LogP contribution in [-0.2, 0) is 37.5 Å². The summed E-state index contributed by atoms with van der Waals surface area (Å²) >= 11 is 0. The van der Waals surface area contributed by atoms with Crippen molar-refractivity contribution in [2.24, 2.45) is 11.8 Å². The lowest BCUT2D eigenvalue weighted by molar-refractivity contribution is -0.870. The Bertz CT molecular complexity index is 1290. The first-order valence-electron chi connectivity index (χ1n) is 25.1. The fraction of sp³-hybridized carbons (Fsp3) is 0.860. The van der Waals surface area contributed by atoms with Gasteiger partial charge in [0.2, 0.25) is 0 Å². The zero-order chi connectivity index (χ0) is 46.6. The second-order valence-electron chi connectivity index (χ2n) is 19.0.